The van der Waals surface area contributed by atoms with E-state index < -0.39 is 0 Å². The Morgan fingerprint density at radius 2 is 2.20 bits per heavy atom. The maximum atomic E-state index is 12.1. The van der Waals surface area contributed by atoms with Crippen molar-refractivity contribution in [1.29, 1.82) is 0 Å². The zero-order chi connectivity index (χ0) is 17.2. The number of furan rings is 1. The van der Waals surface area contributed by atoms with E-state index in [4.69, 9.17) is 9.15 Å². The molecule has 1 aromatic carbocycles. The largest absolute Gasteiger partial charge is 0.484 e. The lowest BCUT2D eigenvalue weighted by Gasteiger charge is -2.13. The van der Waals surface area contributed by atoms with E-state index in [1.807, 2.05) is 42.6 Å². The van der Waals surface area contributed by atoms with Crippen LogP contribution in [-0.2, 0) is 17.6 Å². The second-order valence-corrected chi connectivity index (χ2v) is 7.44. The minimum Gasteiger partial charge on any atom is -0.484 e. The van der Waals surface area contributed by atoms with Crippen molar-refractivity contribution < 1.29 is 13.9 Å². The molecular weight excluding hydrogens is 334 g/mol. The molecule has 1 unspecified atom stereocenters. The molecule has 0 spiro atoms. The molecule has 130 valence electrons. The summed E-state index contributed by atoms with van der Waals surface area (Å²) in [5.41, 5.74) is 2.22. The van der Waals surface area contributed by atoms with Gasteiger partial charge in [-0.05, 0) is 55.8 Å². The molecule has 0 radical (unpaired) electrons. The fraction of sp³-hybridized carbons (Fsp3) is 0.350. The van der Waals surface area contributed by atoms with E-state index in [2.05, 4.69) is 5.32 Å². The van der Waals surface area contributed by atoms with Crippen LogP contribution in [-0.4, -0.2) is 12.5 Å². The number of hydrogen-bond acceptors (Lipinski definition) is 4. The normalized spacial score (nSPS) is 14.9. The molecule has 5 heteroatoms. The highest BCUT2D eigenvalue weighted by Crippen LogP contribution is 2.33. The zero-order valence-electron chi connectivity index (χ0n) is 14.2. The number of rotatable bonds is 5. The molecule has 0 aliphatic heterocycles. The van der Waals surface area contributed by atoms with Gasteiger partial charge in [-0.1, -0.05) is 6.07 Å². The van der Waals surface area contributed by atoms with Gasteiger partial charge in [-0.3, -0.25) is 4.79 Å². The minimum atomic E-state index is -0.116. The Labute approximate surface area is 150 Å². The van der Waals surface area contributed by atoms with E-state index in [0.29, 0.717) is 5.75 Å². The zero-order valence-corrected chi connectivity index (χ0v) is 15.0. The van der Waals surface area contributed by atoms with Gasteiger partial charge in [0.1, 0.15) is 17.1 Å². The Bertz CT molecular complexity index is 882. The van der Waals surface area contributed by atoms with E-state index in [9.17, 15) is 4.79 Å². The lowest BCUT2D eigenvalue weighted by atomic mass is 9.96. The van der Waals surface area contributed by atoms with Crippen LogP contribution in [0.4, 0.5) is 0 Å². The van der Waals surface area contributed by atoms with Crippen LogP contribution >= 0.6 is 11.3 Å². The number of hydrogen-bond donors (Lipinski definition) is 1. The molecule has 2 aromatic heterocycles. The van der Waals surface area contributed by atoms with Crippen molar-refractivity contribution in [3.63, 3.8) is 0 Å². The van der Waals surface area contributed by atoms with E-state index in [0.717, 1.165) is 34.4 Å². The smallest absolute Gasteiger partial charge is 0.258 e. The molecule has 0 saturated heterocycles. The number of amides is 1. The van der Waals surface area contributed by atoms with Crippen LogP contribution in [0.15, 0.2) is 40.1 Å². The molecule has 4 rings (SSSR count). The van der Waals surface area contributed by atoms with Gasteiger partial charge < -0.3 is 14.5 Å². The average molecular weight is 355 g/mol. The summed E-state index contributed by atoms with van der Waals surface area (Å²) in [7, 11) is 0. The second kappa shape index (κ2) is 6.92. The highest BCUT2D eigenvalue weighted by Gasteiger charge is 2.18. The number of carbonyl (C=O) groups is 1. The standard InChI is InChI=1S/C20H21NO3S/c1-13(19-7-4-10-25-19)21-20(22)12-23-14-8-9-18-16(11-14)15-5-2-3-6-17(15)24-18/h4,7-11,13H,2-3,5-6,12H2,1H3,(H,21,22). The number of fused-ring (bicyclic) bond motifs is 3. The first-order valence-corrected chi connectivity index (χ1v) is 9.58. The summed E-state index contributed by atoms with van der Waals surface area (Å²) in [6.45, 7) is 1.99. The molecule has 4 nitrogen and oxygen atoms in total. The van der Waals surface area contributed by atoms with Gasteiger partial charge in [0.25, 0.3) is 5.91 Å². The highest BCUT2D eigenvalue weighted by molar-refractivity contribution is 7.10. The molecular formula is C20H21NO3S. The first kappa shape index (κ1) is 16.2. The van der Waals surface area contributed by atoms with Gasteiger partial charge in [0.2, 0.25) is 0 Å². The Kier molecular flexibility index (Phi) is 4.49. The molecule has 1 atom stereocenters. The van der Waals surface area contributed by atoms with Gasteiger partial charge in [-0.2, -0.15) is 0 Å². The fourth-order valence-electron chi connectivity index (χ4n) is 3.37. The summed E-state index contributed by atoms with van der Waals surface area (Å²) in [5, 5.41) is 6.10. The number of thiophene rings is 1. The van der Waals surface area contributed by atoms with Gasteiger partial charge in [0, 0.05) is 22.2 Å². The second-order valence-electron chi connectivity index (χ2n) is 6.46. The molecule has 3 aromatic rings. The topological polar surface area (TPSA) is 51.5 Å². The van der Waals surface area contributed by atoms with Crippen molar-refractivity contribution in [1.82, 2.24) is 5.32 Å². The SMILES string of the molecule is CC(NC(=O)COc1ccc2oc3c(c2c1)CCCC3)c1cccs1. The molecule has 1 amide bonds. The van der Waals surface area contributed by atoms with Crippen LogP contribution in [0.1, 0.15) is 42.0 Å². The molecule has 1 N–H and O–H groups in total. The van der Waals surface area contributed by atoms with Crippen molar-refractivity contribution in [3.8, 4) is 5.75 Å². The number of benzene rings is 1. The lowest BCUT2D eigenvalue weighted by molar-refractivity contribution is -0.123. The van der Waals surface area contributed by atoms with Gasteiger partial charge in [0.05, 0.1) is 6.04 Å². The molecule has 0 fully saturated rings. The Balaban J connectivity index is 1.41. The summed E-state index contributed by atoms with van der Waals surface area (Å²) in [6.07, 6.45) is 4.47. The van der Waals surface area contributed by atoms with Gasteiger partial charge in [-0.15, -0.1) is 11.3 Å². The Hall–Kier alpha value is -2.27. The monoisotopic (exact) mass is 355 g/mol. The molecule has 1 aliphatic rings. The fourth-order valence-corrected chi connectivity index (χ4v) is 4.11. The maximum Gasteiger partial charge on any atom is 0.258 e. The summed E-state index contributed by atoms with van der Waals surface area (Å²) in [5.74, 6) is 1.71. The van der Waals surface area contributed by atoms with E-state index in [1.54, 1.807) is 11.3 Å². The average Bonchev–Trinajstić information content (AvgIpc) is 3.27. The number of aryl methyl sites for hydroxylation is 2. The highest BCUT2D eigenvalue weighted by atomic mass is 32.1. The van der Waals surface area contributed by atoms with Gasteiger partial charge in [-0.25, -0.2) is 0 Å². The Morgan fingerprint density at radius 3 is 3.04 bits per heavy atom. The Morgan fingerprint density at radius 1 is 1.32 bits per heavy atom. The third kappa shape index (κ3) is 3.42. The third-order valence-corrected chi connectivity index (χ3v) is 5.70. The van der Waals surface area contributed by atoms with Gasteiger partial charge in [0.15, 0.2) is 6.61 Å². The minimum absolute atomic E-state index is 0.000488. The van der Waals surface area contributed by atoms with Crippen molar-refractivity contribution in [2.24, 2.45) is 0 Å². The first-order chi connectivity index (χ1) is 12.2. The predicted molar refractivity (Wildman–Crippen MR) is 99.2 cm³/mol. The van der Waals surface area contributed by atoms with Crippen LogP contribution in [0.25, 0.3) is 11.0 Å². The molecule has 0 saturated carbocycles. The third-order valence-electron chi connectivity index (χ3n) is 4.64. The van der Waals surface area contributed by atoms with Crippen molar-refractivity contribution in [2.45, 2.75) is 38.6 Å². The van der Waals surface area contributed by atoms with Crippen LogP contribution in [0.2, 0.25) is 0 Å². The quantitative estimate of drug-likeness (QED) is 0.726. The lowest BCUT2D eigenvalue weighted by Crippen LogP contribution is -2.30. The molecule has 0 bridgehead atoms. The number of ether oxygens (including phenoxy) is 1. The van der Waals surface area contributed by atoms with E-state index in [1.165, 1.54) is 18.4 Å². The van der Waals surface area contributed by atoms with Crippen LogP contribution in [0, 0.1) is 0 Å². The predicted octanol–water partition coefficient (Wildman–Crippen LogP) is 4.63. The van der Waals surface area contributed by atoms with Crippen molar-refractivity contribution >= 4 is 28.2 Å². The number of carbonyl (C=O) groups excluding carboxylic acids is 1. The van der Waals surface area contributed by atoms with Crippen molar-refractivity contribution in [2.75, 3.05) is 6.61 Å². The van der Waals surface area contributed by atoms with Gasteiger partial charge >= 0.3 is 0 Å². The molecule has 25 heavy (non-hydrogen) atoms. The molecule has 2 heterocycles. The van der Waals surface area contributed by atoms with E-state index in [-0.39, 0.29) is 18.6 Å². The maximum absolute atomic E-state index is 12.1. The summed E-state index contributed by atoms with van der Waals surface area (Å²) in [6, 6.07) is 9.81. The van der Waals surface area contributed by atoms with Crippen LogP contribution in [0.5, 0.6) is 5.75 Å². The van der Waals surface area contributed by atoms with Crippen LogP contribution in [0.3, 0.4) is 0 Å². The summed E-state index contributed by atoms with van der Waals surface area (Å²) in [4.78, 5) is 13.3. The number of nitrogens with one attached hydrogen (secondary N) is 1. The summed E-state index contributed by atoms with van der Waals surface area (Å²) >= 11 is 1.64. The summed E-state index contributed by atoms with van der Waals surface area (Å²) < 4.78 is 11.6. The van der Waals surface area contributed by atoms with Crippen molar-refractivity contribution in [3.05, 3.63) is 51.9 Å². The van der Waals surface area contributed by atoms with E-state index >= 15 is 0 Å². The first-order valence-electron chi connectivity index (χ1n) is 8.70. The molecule has 1 aliphatic carbocycles. The van der Waals surface area contributed by atoms with Crippen LogP contribution < -0.4 is 10.1 Å².